The summed E-state index contributed by atoms with van der Waals surface area (Å²) in [6.45, 7) is 0.629. The lowest BCUT2D eigenvalue weighted by molar-refractivity contribution is -0.137. The lowest BCUT2D eigenvalue weighted by Gasteiger charge is -2.23. The van der Waals surface area contributed by atoms with Gasteiger partial charge in [0, 0.05) is 18.4 Å². The topological polar surface area (TPSA) is 71.1 Å². The maximum Gasteiger partial charge on any atom is 0.416 e. The van der Waals surface area contributed by atoms with E-state index in [-0.39, 0.29) is 35.5 Å². The molecule has 2 aromatic carbocycles. The lowest BCUT2D eigenvalue weighted by Crippen LogP contribution is -2.17. The van der Waals surface area contributed by atoms with Crippen LogP contribution in [0, 0.1) is 0 Å². The predicted molar refractivity (Wildman–Crippen MR) is 99.9 cm³/mol. The third-order valence-corrected chi connectivity index (χ3v) is 4.57. The molecule has 0 N–H and O–H groups in total. The van der Waals surface area contributed by atoms with Gasteiger partial charge in [-0.2, -0.15) is 13.2 Å². The molecule has 9 heteroatoms. The van der Waals surface area contributed by atoms with Gasteiger partial charge in [0.1, 0.15) is 13.2 Å². The van der Waals surface area contributed by atoms with E-state index in [0.717, 1.165) is 24.3 Å². The van der Waals surface area contributed by atoms with E-state index in [1.165, 1.54) is 20.3 Å². The molecule has 0 unspecified atom stereocenters. The van der Waals surface area contributed by atoms with Crippen molar-refractivity contribution >= 4 is 11.6 Å². The van der Waals surface area contributed by atoms with Gasteiger partial charge in [-0.15, -0.1) is 0 Å². The SMILES string of the molecule is COc1c(C(=O)CCC(=O)c2ccc(C(F)(F)F)cc2)cc2c(c1OC)OCCO2. The van der Waals surface area contributed by atoms with Gasteiger partial charge in [-0.1, -0.05) is 12.1 Å². The molecule has 30 heavy (non-hydrogen) atoms. The summed E-state index contributed by atoms with van der Waals surface area (Å²) >= 11 is 0. The van der Waals surface area contributed by atoms with Crippen LogP contribution in [0.15, 0.2) is 30.3 Å². The first-order valence-electron chi connectivity index (χ1n) is 9.04. The van der Waals surface area contributed by atoms with Crippen LogP contribution in [0.2, 0.25) is 0 Å². The van der Waals surface area contributed by atoms with Crippen molar-refractivity contribution in [3.8, 4) is 23.0 Å². The van der Waals surface area contributed by atoms with Crippen LogP contribution in [0.5, 0.6) is 23.0 Å². The summed E-state index contributed by atoms with van der Waals surface area (Å²) in [6, 6.07) is 5.35. The number of methoxy groups -OCH3 is 2. The molecule has 3 rings (SSSR count). The molecule has 1 aliphatic heterocycles. The first kappa shape index (κ1) is 21.5. The summed E-state index contributed by atoms with van der Waals surface area (Å²) in [5.74, 6) is 0.193. The fraction of sp³-hybridized carbons (Fsp3) is 0.333. The van der Waals surface area contributed by atoms with Gasteiger partial charge in [-0.25, -0.2) is 0 Å². The zero-order valence-electron chi connectivity index (χ0n) is 16.3. The molecule has 0 saturated heterocycles. The number of carbonyl (C=O) groups is 2. The van der Waals surface area contributed by atoms with Crippen molar-refractivity contribution in [1.82, 2.24) is 0 Å². The molecule has 1 aliphatic rings. The van der Waals surface area contributed by atoms with E-state index < -0.39 is 23.3 Å². The second-order valence-corrected chi connectivity index (χ2v) is 6.44. The number of rotatable bonds is 7. The number of hydrogen-bond donors (Lipinski definition) is 0. The number of ketones is 2. The van der Waals surface area contributed by atoms with Gasteiger partial charge in [-0.3, -0.25) is 9.59 Å². The highest BCUT2D eigenvalue weighted by atomic mass is 19.4. The van der Waals surface area contributed by atoms with Gasteiger partial charge in [0.15, 0.2) is 23.1 Å². The number of Topliss-reactive ketones (excluding diaryl/α,β-unsaturated/α-hetero) is 2. The van der Waals surface area contributed by atoms with E-state index in [4.69, 9.17) is 18.9 Å². The number of alkyl halides is 3. The van der Waals surface area contributed by atoms with E-state index >= 15 is 0 Å². The number of hydrogen-bond acceptors (Lipinski definition) is 6. The molecule has 0 aliphatic carbocycles. The van der Waals surface area contributed by atoms with Crippen LogP contribution in [-0.4, -0.2) is 39.0 Å². The Morgan fingerprint density at radius 3 is 2.13 bits per heavy atom. The zero-order valence-corrected chi connectivity index (χ0v) is 16.3. The number of fused-ring (bicyclic) bond motifs is 1. The van der Waals surface area contributed by atoms with Crippen molar-refractivity contribution in [3.05, 3.63) is 47.0 Å². The second-order valence-electron chi connectivity index (χ2n) is 6.44. The first-order chi connectivity index (χ1) is 14.3. The Hall–Kier alpha value is -3.23. The Kier molecular flexibility index (Phi) is 6.19. The van der Waals surface area contributed by atoms with Crippen LogP contribution < -0.4 is 18.9 Å². The molecule has 0 radical (unpaired) electrons. The fourth-order valence-electron chi connectivity index (χ4n) is 3.09. The number of ether oxygens (including phenoxy) is 4. The molecule has 0 spiro atoms. The van der Waals surface area contributed by atoms with Crippen LogP contribution >= 0.6 is 0 Å². The van der Waals surface area contributed by atoms with Crippen LogP contribution in [-0.2, 0) is 6.18 Å². The molecule has 6 nitrogen and oxygen atoms in total. The average Bonchev–Trinajstić information content (AvgIpc) is 2.75. The molecule has 2 aromatic rings. The molecule has 0 amide bonds. The molecular formula is C21H19F3O6. The fourth-order valence-corrected chi connectivity index (χ4v) is 3.09. The number of benzene rings is 2. The van der Waals surface area contributed by atoms with Crippen LogP contribution in [0.3, 0.4) is 0 Å². The summed E-state index contributed by atoms with van der Waals surface area (Å²) in [5.41, 5.74) is -0.579. The Bertz CT molecular complexity index is 951. The summed E-state index contributed by atoms with van der Waals surface area (Å²) in [6.07, 6.45) is -4.82. The van der Waals surface area contributed by atoms with Crippen LogP contribution in [0.25, 0.3) is 0 Å². The lowest BCUT2D eigenvalue weighted by atomic mass is 9.99. The maximum absolute atomic E-state index is 12.8. The highest BCUT2D eigenvalue weighted by molar-refractivity contribution is 6.04. The minimum atomic E-state index is -4.48. The first-order valence-corrected chi connectivity index (χ1v) is 9.04. The largest absolute Gasteiger partial charge is 0.492 e. The molecule has 1 heterocycles. The van der Waals surface area contributed by atoms with Gasteiger partial charge in [0.05, 0.1) is 25.3 Å². The van der Waals surface area contributed by atoms with Crippen LogP contribution in [0.1, 0.15) is 39.1 Å². The van der Waals surface area contributed by atoms with Gasteiger partial charge in [0.2, 0.25) is 11.5 Å². The Morgan fingerprint density at radius 2 is 1.53 bits per heavy atom. The Morgan fingerprint density at radius 1 is 0.933 bits per heavy atom. The van der Waals surface area contributed by atoms with Gasteiger partial charge >= 0.3 is 6.18 Å². The molecule has 0 bridgehead atoms. The van der Waals surface area contributed by atoms with E-state index in [2.05, 4.69) is 0 Å². The summed E-state index contributed by atoms with van der Waals surface area (Å²) in [5, 5.41) is 0. The van der Waals surface area contributed by atoms with Gasteiger partial charge in [-0.05, 0) is 18.2 Å². The average molecular weight is 424 g/mol. The minimum Gasteiger partial charge on any atom is -0.492 e. The van der Waals surface area contributed by atoms with Crippen molar-refractivity contribution in [1.29, 1.82) is 0 Å². The minimum absolute atomic E-state index is 0.0996. The Labute approximate surface area is 170 Å². The molecule has 0 saturated carbocycles. The molecule has 160 valence electrons. The van der Waals surface area contributed by atoms with Crippen molar-refractivity contribution < 1.29 is 41.7 Å². The third kappa shape index (κ3) is 4.34. The summed E-state index contributed by atoms with van der Waals surface area (Å²) < 4.78 is 59.6. The molecular weight excluding hydrogens is 405 g/mol. The second kappa shape index (κ2) is 8.64. The predicted octanol–water partition coefficient (Wildman–Crippen LogP) is 4.34. The van der Waals surface area contributed by atoms with E-state index in [1.54, 1.807) is 0 Å². The quantitative estimate of drug-likeness (QED) is 0.616. The molecule has 0 fully saturated rings. The van der Waals surface area contributed by atoms with Crippen molar-refractivity contribution in [2.24, 2.45) is 0 Å². The van der Waals surface area contributed by atoms with Gasteiger partial charge in [0.25, 0.3) is 0 Å². The Balaban J connectivity index is 1.77. The molecule has 0 aromatic heterocycles. The molecule has 0 atom stereocenters. The monoisotopic (exact) mass is 424 g/mol. The van der Waals surface area contributed by atoms with Crippen molar-refractivity contribution in [2.75, 3.05) is 27.4 Å². The maximum atomic E-state index is 12.8. The van der Waals surface area contributed by atoms with Crippen molar-refractivity contribution in [3.63, 3.8) is 0 Å². The summed E-state index contributed by atoms with van der Waals surface area (Å²) in [4.78, 5) is 25.1. The standard InChI is InChI=1S/C21H19F3O6/c1-27-18-14(11-17-19(20(18)28-2)30-10-9-29-17)16(26)8-7-15(25)12-3-5-13(6-4-12)21(22,23)24/h3-6,11H,7-10H2,1-2H3. The highest BCUT2D eigenvalue weighted by Crippen LogP contribution is 2.48. The summed E-state index contributed by atoms with van der Waals surface area (Å²) in [7, 11) is 2.77. The van der Waals surface area contributed by atoms with E-state index in [9.17, 15) is 22.8 Å². The van der Waals surface area contributed by atoms with Crippen molar-refractivity contribution in [2.45, 2.75) is 19.0 Å². The normalized spacial score (nSPS) is 13.0. The van der Waals surface area contributed by atoms with E-state index in [1.807, 2.05) is 0 Å². The number of halogens is 3. The van der Waals surface area contributed by atoms with Gasteiger partial charge < -0.3 is 18.9 Å². The number of carbonyl (C=O) groups excluding carboxylic acids is 2. The third-order valence-electron chi connectivity index (χ3n) is 4.57. The van der Waals surface area contributed by atoms with Crippen LogP contribution in [0.4, 0.5) is 13.2 Å². The highest BCUT2D eigenvalue weighted by Gasteiger charge is 2.30. The van der Waals surface area contributed by atoms with E-state index in [0.29, 0.717) is 24.7 Å². The smallest absolute Gasteiger partial charge is 0.416 e. The zero-order chi connectivity index (χ0) is 21.9.